The number of ether oxygens (including phenoxy) is 1. The van der Waals surface area contributed by atoms with E-state index in [4.69, 9.17) is 9.15 Å². The first kappa shape index (κ1) is 18.8. The Morgan fingerprint density at radius 2 is 1.76 bits per heavy atom. The van der Waals surface area contributed by atoms with E-state index < -0.39 is 6.04 Å². The maximum atomic E-state index is 14.5. The van der Waals surface area contributed by atoms with Crippen LogP contribution in [0.25, 0.3) is 11.5 Å². The average molecular weight is 389 g/mol. The number of methoxy groups -OCH3 is 1. The number of hydrogen-bond acceptors (Lipinski definition) is 5. The van der Waals surface area contributed by atoms with Gasteiger partial charge in [0.1, 0.15) is 17.6 Å². The van der Waals surface area contributed by atoms with Gasteiger partial charge in [-0.05, 0) is 35.9 Å². The molecule has 3 aromatic carbocycles. The largest absolute Gasteiger partial charge is 0.497 e. The fourth-order valence-electron chi connectivity index (χ4n) is 3.09. The number of rotatable bonds is 7. The van der Waals surface area contributed by atoms with E-state index in [1.165, 1.54) is 6.07 Å². The summed E-state index contributed by atoms with van der Waals surface area (Å²) >= 11 is 0. The molecule has 0 unspecified atom stereocenters. The monoisotopic (exact) mass is 389 g/mol. The molecule has 146 valence electrons. The predicted octanol–water partition coefficient (Wildman–Crippen LogP) is 4.76. The fraction of sp³-hybridized carbons (Fsp3) is 0.130. The van der Waals surface area contributed by atoms with Gasteiger partial charge in [-0.15, -0.1) is 10.2 Å². The number of halogens is 1. The van der Waals surface area contributed by atoms with Crippen LogP contribution in [0.3, 0.4) is 0 Å². The van der Waals surface area contributed by atoms with Crippen LogP contribution in [0, 0.1) is 5.82 Å². The number of nitrogens with one attached hydrogen (secondary N) is 1. The molecule has 0 aliphatic carbocycles. The Balaban J connectivity index is 1.64. The molecule has 0 amide bonds. The van der Waals surface area contributed by atoms with Gasteiger partial charge in [-0.1, -0.05) is 48.5 Å². The topological polar surface area (TPSA) is 60.2 Å². The summed E-state index contributed by atoms with van der Waals surface area (Å²) in [6.07, 6.45) is 0. The maximum Gasteiger partial charge on any atom is 0.247 e. The molecule has 4 aromatic rings. The van der Waals surface area contributed by atoms with Gasteiger partial charge in [0.2, 0.25) is 11.8 Å². The van der Waals surface area contributed by atoms with Crippen molar-refractivity contribution in [2.45, 2.75) is 12.6 Å². The number of aromatic nitrogens is 2. The summed E-state index contributed by atoms with van der Waals surface area (Å²) in [5.41, 5.74) is 2.25. The van der Waals surface area contributed by atoms with Crippen LogP contribution in [0.4, 0.5) is 4.39 Å². The Kier molecular flexibility index (Phi) is 5.63. The van der Waals surface area contributed by atoms with E-state index in [1.807, 2.05) is 54.6 Å². The van der Waals surface area contributed by atoms with E-state index in [0.717, 1.165) is 16.9 Å². The Bertz CT molecular complexity index is 1080. The van der Waals surface area contributed by atoms with Crippen molar-refractivity contribution in [3.05, 3.63) is 102 Å². The SMILES string of the molecule is COc1cccc(CN[C@@H](c2nnc(-c3ccccc3)o2)c2ccccc2F)c1. The highest BCUT2D eigenvalue weighted by atomic mass is 19.1. The lowest BCUT2D eigenvalue weighted by atomic mass is 10.1. The van der Waals surface area contributed by atoms with Gasteiger partial charge in [-0.2, -0.15) is 0 Å². The Labute approximate surface area is 168 Å². The Morgan fingerprint density at radius 3 is 2.55 bits per heavy atom. The Morgan fingerprint density at radius 1 is 0.966 bits per heavy atom. The summed E-state index contributed by atoms with van der Waals surface area (Å²) in [4.78, 5) is 0. The van der Waals surface area contributed by atoms with E-state index in [-0.39, 0.29) is 5.82 Å². The van der Waals surface area contributed by atoms with Crippen molar-refractivity contribution in [1.29, 1.82) is 0 Å². The highest BCUT2D eigenvalue weighted by Gasteiger charge is 2.23. The molecule has 0 radical (unpaired) electrons. The molecule has 6 heteroatoms. The van der Waals surface area contributed by atoms with Gasteiger partial charge in [0.25, 0.3) is 0 Å². The average Bonchev–Trinajstić information content (AvgIpc) is 3.26. The molecule has 1 atom stereocenters. The first-order valence-electron chi connectivity index (χ1n) is 9.24. The molecule has 0 spiro atoms. The molecule has 1 aromatic heterocycles. The van der Waals surface area contributed by atoms with Crippen molar-refractivity contribution < 1.29 is 13.5 Å². The summed E-state index contributed by atoms with van der Waals surface area (Å²) in [6, 6.07) is 23.2. The van der Waals surface area contributed by atoms with Gasteiger partial charge in [0.05, 0.1) is 7.11 Å². The molecule has 0 aliphatic rings. The zero-order valence-corrected chi connectivity index (χ0v) is 15.9. The van der Waals surface area contributed by atoms with E-state index in [9.17, 15) is 4.39 Å². The molecular formula is C23H20FN3O2. The zero-order valence-electron chi connectivity index (χ0n) is 15.9. The zero-order chi connectivity index (χ0) is 20.1. The van der Waals surface area contributed by atoms with Crippen LogP contribution in [-0.4, -0.2) is 17.3 Å². The normalized spacial score (nSPS) is 11.9. The van der Waals surface area contributed by atoms with Crippen molar-refractivity contribution in [2.75, 3.05) is 7.11 Å². The van der Waals surface area contributed by atoms with Crippen LogP contribution in [0.5, 0.6) is 5.75 Å². The van der Waals surface area contributed by atoms with Crippen molar-refractivity contribution in [3.8, 4) is 17.2 Å². The highest BCUT2D eigenvalue weighted by molar-refractivity contribution is 5.51. The minimum absolute atomic E-state index is 0.303. The van der Waals surface area contributed by atoms with Crippen molar-refractivity contribution in [2.24, 2.45) is 0 Å². The predicted molar refractivity (Wildman–Crippen MR) is 108 cm³/mol. The van der Waals surface area contributed by atoms with E-state index in [2.05, 4.69) is 15.5 Å². The summed E-state index contributed by atoms with van der Waals surface area (Å²) < 4.78 is 25.7. The molecule has 29 heavy (non-hydrogen) atoms. The van der Waals surface area contributed by atoms with Gasteiger partial charge in [-0.3, -0.25) is 5.32 Å². The second kappa shape index (κ2) is 8.67. The molecule has 0 aliphatic heterocycles. The third-order valence-corrected chi connectivity index (χ3v) is 4.57. The third kappa shape index (κ3) is 4.33. The highest BCUT2D eigenvalue weighted by Crippen LogP contribution is 2.27. The summed E-state index contributed by atoms with van der Waals surface area (Å²) in [6.45, 7) is 0.471. The standard InChI is InChI=1S/C23H20FN3O2/c1-28-18-11-7-8-16(14-18)15-25-21(19-12-5-6-13-20(19)24)23-27-26-22(29-23)17-9-3-2-4-10-17/h2-14,21,25H,15H2,1H3/t21-/m1/s1. The van der Waals surface area contributed by atoms with E-state index in [1.54, 1.807) is 25.3 Å². The molecule has 0 fully saturated rings. The van der Waals surface area contributed by atoms with Crippen molar-refractivity contribution in [1.82, 2.24) is 15.5 Å². The lowest BCUT2D eigenvalue weighted by Gasteiger charge is -2.16. The minimum atomic E-state index is -0.590. The first-order chi connectivity index (χ1) is 14.2. The third-order valence-electron chi connectivity index (χ3n) is 4.57. The summed E-state index contributed by atoms with van der Waals surface area (Å²) in [7, 11) is 1.62. The van der Waals surface area contributed by atoms with Crippen LogP contribution in [-0.2, 0) is 6.54 Å². The molecule has 1 N–H and O–H groups in total. The van der Waals surface area contributed by atoms with Crippen molar-refractivity contribution >= 4 is 0 Å². The molecule has 0 bridgehead atoms. The lowest BCUT2D eigenvalue weighted by Crippen LogP contribution is -2.23. The molecule has 0 saturated carbocycles. The van der Waals surface area contributed by atoms with E-state index in [0.29, 0.717) is 23.9 Å². The molecule has 4 rings (SSSR count). The smallest absolute Gasteiger partial charge is 0.247 e. The molecule has 5 nitrogen and oxygen atoms in total. The van der Waals surface area contributed by atoms with Gasteiger partial charge in [-0.25, -0.2) is 4.39 Å². The van der Waals surface area contributed by atoms with Gasteiger partial charge in [0.15, 0.2) is 0 Å². The van der Waals surface area contributed by atoms with Gasteiger partial charge in [0, 0.05) is 17.7 Å². The maximum absolute atomic E-state index is 14.5. The molecule has 0 saturated heterocycles. The van der Waals surface area contributed by atoms with E-state index >= 15 is 0 Å². The minimum Gasteiger partial charge on any atom is -0.497 e. The van der Waals surface area contributed by atoms with Gasteiger partial charge >= 0.3 is 0 Å². The second-order valence-electron chi connectivity index (χ2n) is 6.50. The summed E-state index contributed by atoms with van der Waals surface area (Å²) in [5, 5.41) is 11.7. The number of benzene rings is 3. The second-order valence-corrected chi connectivity index (χ2v) is 6.50. The molecule has 1 heterocycles. The van der Waals surface area contributed by atoms with Crippen LogP contribution in [0.15, 0.2) is 83.3 Å². The van der Waals surface area contributed by atoms with Crippen LogP contribution in [0.2, 0.25) is 0 Å². The first-order valence-corrected chi connectivity index (χ1v) is 9.24. The summed E-state index contributed by atoms with van der Waals surface area (Å²) in [5.74, 6) is 1.12. The lowest BCUT2D eigenvalue weighted by molar-refractivity contribution is 0.412. The molecular weight excluding hydrogens is 369 g/mol. The number of nitrogens with zero attached hydrogens (tertiary/aromatic N) is 2. The van der Waals surface area contributed by atoms with Crippen molar-refractivity contribution in [3.63, 3.8) is 0 Å². The van der Waals surface area contributed by atoms with Gasteiger partial charge < -0.3 is 9.15 Å². The fourth-order valence-corrected chi connectivity index (χ4v) is 3.09. The Hall–Kier alpha value is -3.51. The quantitative estimate of drug-likeness (QED) is 0.494. The van der Waals surface area contributed by atoms with Crippen LogP contribution >= 0.6 is 0 Å². The van der Waals surface area contributed by atoms with Crippen LogP contribution in [0.1, 0.15) is 23.1 Å². The number of hydrogen-bond donors (Lipinski definition) is 1. The van der Waals surface area contributed by atoms with Crippen LogP contribution < -0.4 is 10.1 Å².